The van der Waals surface area contributed by atoms with Gasteiger partial charge in [-0.15, -0.1) is 0 Å². The Morgan fingerprint density at radius 3 is 2.72 bits per heavy atom. The van der Waals surface area contributed by atoms with Gasteiger partial charge in [0.05, 0.1) is 5.56 Å². The summed E-state index contributed by atoms with van der Waals surface area (Å²) in [4.78, 5) is 3.91. The molecule has 0 amide bonds. The predicted octanol–water partition coefficient (Wildman–Crippen LogP) is 2.51. The standard InChI is InChI=1S/C12H16F3N3/c13-12(14,15)10-3-6-17-11(7-10)18-8-9-1-4-16-5-2-9/h3,6-7,9,16H,1-2,4-5,8H2,(H,17,18). The lowest BCUT2D eigenvalue weighted by molar-refractivity contribution is -0.137. The maximum Gasteiger partial charge on any atom is 0.416 e. The molecule has 0 spiro atoms. The molecule has 0 aliphatic carbocycles. The topological polar surface area (TPSA) is 37.0 Å². The number of aromatic nitrogens is 1. The number of anilines is 1. The van der Waals surface area contributed by atoms with Crippen molar-refractivity contribution in [3.8, 4) is 0 Å². The van der Waals surface area contributed by atoms with Crippen LogP contribution in [0.25, 0.3) is 0 Å². The second kappa shape index (κ2) is 5.56. The van der Waals surface area contributed by atoms with E-state index < -0.39 is 11.7 Å². The van der Waals surface area contributed by atoms with E-state index in [9.17, 15) is 13.2 Å². The number of piperidine rings is 1. The first-order valence-electron chi connectivity index (χ1n) is 6.03. The van der Waals surface area contributed by atoms with Crippen LogP contribution in [0.4, 0.5) is 19.0 Å². The van der Waals surface area contributed by atoms with Gasteiger partial charge in [-0.1, -0.05) is 0 Å². The van der Waals surface area contributed by atoms with E-state index in [0.29, 0.717) is 18.3 Å². The molecule has 0 aromatic carbocycles. The molecule has 1 aliphatic rings. The van der Waals surface area contributed by atoms with Crippen LogP contribution in [0, 0.1) is 5.92 Å². The van der Waals surface area contributed by atoms with Crippen molar-refractivity contribution < 1.29 is 13.2 Å². The Balaban J connectivity index is 1.92. The minimum Gasteiger partial charge on any atom is -0.370 e. The van der Waals surface area contributed by atoms with Crippen molar-refractivity contribution in [1.29, 1.82) is 0 Å². The molecule has 18 heavy (non-hydrogen) atoms. The van der Waals surface area contributed by atoms with Crippen molar-refractivity contribution in [1.82, 2.24) is 10.3 Å². The van der Waals surface area contributed by atoms with Gasteiger partial charge in [-0.3, -0.25) is 0 Å². The molecule has 3 nitrogen and oxygen atoms in total. The van der Waals surface area contributed by atoms with Crippen LogP contribution in [0.3, 0.4) is 0 Å². The highest BCUT2D eigenvalue weighted by molar-refractivity contribution is 5.38. The lowest BCUT2D eigenvalue weighted by atomic mass is 9.98. The highest BCUT2D eigenvalue weighted by Crippen LogP contribution is 2.29. The molecule has 1 aromatic rings. The zero-order valence-corrected chi connectivity index (χ0v) is 9.93. The van der Waals surface area contributed by atoms with Crippen LogP contribution in [0.2, 0.25) is 0 Å². The number of nitrogens with zero attached hydrogens (tertiary/aromatic N) is 1. The Morgan fingerprint density at radius 1 is 1.33 bits per heavy atom. The average Bonchev–Trinajstić information content (AvgIpc) is 2.37. The Hall–Kier alpha value is -1.30. The van der Waals surface area contributed by atoms with Crippen LogP contribution in [0.15, 0.2) is 18.3 Å². The van der Waals surface area contributed by atoms with Gasteiger partial charge < -0.3 is 10.6 Å². The summed E-state index contributed by atoms with van der Waals surface area (Å²) in [6.45, 7) is 2.63. The first kappa shape index (κ1) is 13.1. The molecule has 2 heterocycles. The SMILES string of the molecule is FC(F)(F)c1ccnc(NCC2CCNCC2)c1. The normalized spacial score (nSPS) is 17.7. The molecule has 2 N–H and O–H groups in total. The lowest BCUT2D eigenvalue weighted by Crippen LogP contribution is -2.31. The third kappa shape index (κ3) is 3.60. The van der Waals surface area contributed by atoms with Crippen LogP contribution in [0.1, 0.15) is 18.4 Å². The van der Waals surface area contributed by atoms with Crippen LogP contribution in [0.5, 0.6) is 0 Å². The molecule has 6 heteroatoms. The quantitative estimate of drug-likeness (QED) is 0.875. The molecule has 1 aromatic heterocycles. The number of halogens is 3. The van der Waals surface area contributed by atoms with Gasteiger partial charge >= 0.3 is 6.18 Å². The number of pyridine rings is 1. The van der Waals surface area contributed by atoms with Gasteiger partial charge in [-0.25, -0.2) is 4.98 Å². The number of rotatable bonds is 3. The largest absolute Gasteiger partial charge is 0.416 e. The van der Waals surface area contributed by atoms with Crippen molar-refractivity contribution in [2.75, 3.05) is 25.0 Å². The van der Waals surface area contributed by atoms with Gasteiger partial charge in [0.1, 0.15) is 5.82 Å². The Kier molecular flexibility index (Phi) is 4.06. The van der Waals surface area contributed by atoms with Crippen molar-refractivity contribution in [2.24, 2.45) is 5.92 Å². The summed E-state index contributed by atoms with van der Waals surface area (Å²) >= 11 is 0. The molecule has 1 fully saturated rings. The molecule has 0 radical (unpaired) electrons. The van der Waals surface area contributed by atoms with E-state index in [1.165, 1.54) is 6.20 Å². The van der Waals surface area contributed by atoms with Crippen molar-refractivity contribution in [3.63, 3.8) is 0 Å². The van der Waals surface area contributed by atoms with Gasteiger partial charge in [0.15, 0.2) is 0 Å². The summed E-state index contributed by atoms with van der Waals surface area (Å²) in [5.41, 5.74) is -0.662. The lowest BCUT2D eigenvalue weighted by Gasteiger charge is -2.23. The number of hydrogen-bond acceptors (Lipinski definition) is 3. The third-order valence-electron chi connectivity index (χ3n) is 3.12. The van der Waals surface area contributed by atoms with E-state index in [0.717, 1.165) is 38.1 Å². The summed E-state index contributed by atoms with van der Waals surface area (Å²) in [6, 6.07) is 2.04. The maximum absolute atomic E-state index is 12.5. The van der Waals surface area contributed by atoms with Crippen LogP contribution in [-0.4, -0.2) is 24.6 Å². The third-order valence-corrected chi connectivity index (χ3v) is 3.12. The molecule has 1 saturated heterocycles. The van der Waals surface area contributed by atoms with Crippen LogP contribution < -0.4 is 10.6 Å². The molecule has 1 aliphatic heterocycles. The summed E-state index contributed by atoms with van der Waals surface area (Å²) in [5, 5.41) is 6.24. The summed E-state index contributed by atoms with van der Waals surface area (Å²) in [7, 11) is 0. The molecule has 0 bridgehead atoms. The van der Waals surface area contributed by atoms with E-state index in [1.807, 2.05) is 0 Å². The molecule has 0 unspecified atom stereocenters. The van der Waals surface area contributed by atoms with Crippen LogP contribution >= 0.6 is 0 Å². The summed E-state index contributed by atoms with van der Waals surface area (Å²) in [5.74, 6) is 0.797. The van der Waals surface area contributed by atoms with Crippen molar-refractivity contribution >= 4 is 5.82 Å². The molecular weight excluding hydrogens is 243 g/mol. The number of nitrogens with one attached hydrogen (secondary N) is 2. The van der Waals surface area contributed by atoms with Gasteiger partial charge in [0, 0.05) is 12.7 Å². The van der Waals surface area contributed by atoms with E-state index >= 15 is 0 Å². The fourth-order valence-electron chi connectivity index (χ4n) is 2.04. The monoisotopic (exact) mass is 259 g/mol. The number of hydrogen-bond donors (Lipinski definition) is 2. The molecule has 0 atom stereocenters. The molecule has 0 saturated carbocycles. The van der Waals surface area contributed by atoms with Gasteiger partial charge in [-0.2, -0.15) is 13.2 Å². The highest BCUT2D eigenvalue weighted by atomic mass is 19.4. The van der Waals surface area contributed by atoms with Crippen molar-refractivity contribution in [3.05, 3.63) is 23.9 Å². The van der Waals surface area contributed by atoms with E-state index in [-0.39, 0.29) is 0 Å². The minimum atomic E-state index is -4.31. The fraction of sp³-hybridized carbons (Fsp3) is 0.583. The van der Waals surface area contributed by atoms with Gasteiger partial charge in [0.2, 0.25) is 0 Å². The minimum absolute atomic E-state index is 0.295. The second-order valence-corrected chi connectivity index (χ2v) is 4.50. The predicted molar refractivity (Wildman–Crippen MR) is 63.3 cm³/mol. The molecule has 100 valence electrons. The fourth-order valence-corrected chi connectivity index (χ4v) is 2.04. The van der Waals surface area contributed by atoms with Gasteiger partial charge in [0.25, 0.3) is 0 Å². The zero-order chi connectivity index (χ0) is 13.0. The Morgan fingerprint density at radius 2 is 2.06 bits per heavy atom. The van der Waals surface area contributed by atoms with E-state index in [4.69, 9.17) is 0 Å². The Bertz CT molecular complexity index is 386. The average molecular weight is 259 g/mol. The highest BCUT2D eigenvalue weighted by Gasteiger charge is 2.30. The van der Waals surface area contributed by atoms with Gasteiger partial charge in [-0.05, 0) is 44.0 Å². The second-order valence-electron chi connectivity index (χ2n) is 4.50. The van der Waals surface area contributed by atoms with Crippen LogP contribution in [-0.2, 0) is 6.18 Å². The van der Waals surface area contributed by atoms with E-state index in [1.54, 1.807) is 0 Å². The molecule has 2 rings (SSSR count). The first-order chi connectivity index (χ1) is 8.55. The first-order valence-corrected chi connectivity index (χ1v) is 6.03. The summed E-state index contributed by atoms with van der Waals surface area (Å²) in [6.07, 6.45) is -1.03. The zero-order valence-electron chi connectivity index (χ0n) is 9.93. The number of alkyl halides is 3. The summed E-state index contributed by atoms with van der Waals surface area (Å²) < 4.78 is 37.5. The Labute approximate surface area is 104 Å². The molecular formula is C12H16F3N3. The van der Waals surface area contributed by atoms with E-state index in [2.05, 4.69) is 15.6 Å². The van der Waals surface area contributed by atoms with Crippen molar-refractivity contribution in [2.45, 2.75) is 19.0 Å². The smallest absolute Gasteiger partial charge is 0.370 e. The maximum atomic E-state index is 12.5.